The standard InChI is InChI=1S/C11H12Cl2N4/c1-14-11(9-6-15-16-17(9)2)7-4-3-5-8(12)10(7)13/h3-6,11,14H,1-2H3. The lowest BCUT2D eigenvalue weighted by atomic mass is 10.0. The average molecular weight is 271 g/mol. The zero-order valence-electron chi connectivity index (χ0n) is 9.48. The molecule has 2 rings (SSSR count). The number of halogens is 2. The van der Waals surface area contributed by atoms with E-state index in [0.717, 1.165) is 11.3 Å². The minimum absolute atomic E-state index is 0.0822. The van der Waals surface area contributed by atoms with E-state index in [9.17, 15) is 0 Å². The Morgan fingerprint density at radius 2 is 2.12 bits per heavy atom. The lowest BCUT2D eigenvalue weighted by Gasteiger charge is -2.18. The molecule has 1 heterocycles. The zero-order valence-corrected chi connectivity index (χ0v) is 11.0. The SMILES string of the molecule is CNC(c1cccc(Cl)c1Cl)c1cnnn1C. The van der Waals surface area contributed by atoms with Gasteiger partial charge in [-0.15, -0.1) is 5.10 Å². The van der Waals surface area contributed by atoms with Crippen molar-refractivity contribution in [3.63, 3.8) is 0 Å². The Morgan fingerprint density at radius 3 is 2.71 bits per heavy atom. The molecule has 0 bridgehead atoms. The highest BCUT2D eigenvalue weighted by atomic mass is 35.5. The lowest BCUT2D eigenvalue weighted by molar-refractivity contribution is 0.598. The molecule has 4 nitrogen and oxygen atoms in total. The summed E-state index contributed by atoms with van der Waals surface area (Å²) >= 11 is 12.2. The minimum atomic E-state index is -0.0822. The summed E-state index contributed by atoms with van der Waals surface area (Å²) in [6, 6.07) is 5.49. The first-order valence-corrected chi connectivity index (χ1v) is 5.86. The molecule has 2 aromatic rings. The number of benzene rings is 1. The van der Waals surface area contributed by atoms with E-state index < -0.39 is 0 Å². The fraction of sp³-hybridized carbons (Fsp3) is 0.273. The Morgan fingerprint density at radius 1 is 1.35 bits per heavy atom. The van der Waals surface area contributed by atoms with E-state index in [2.05, 4.69) is 15.6 Å². The van der Waals surface area contributed by atoms with E-state index in [1.807, 2.05) is 26.2 Å². The molecule has 0 fully saturated rings. The van der Waals surface area contributed by atoms with Crippen LogP contribution < -0.4 is 5.32 Å². The molecule has 1 atom stereocenters. The smallest absolute Gasteiger partial charge is 0.0799 e. The summed E-state index contributed by atoms with van der Waals surface area (Å²) in [7, 11) is 3.69. The second-order valence-electron chi connectivity index (χ2n) is 3.65. The molecule has 1 aromatic carbocycles. The van der Waals surface area contributed by atoms with Crippen molar-refractivity contribution < 1.29 is 0 Å². The maximum atomic E-state index is 6.21. The van der Waals surface area contributed by atoms with Gasteiger partial charge in [-0.25, -0.2) is 0 Å². The molecular weight excluding hydrogens is 259 g/mol. The highest BCUT2D eigenvalue weighted by molar-refractivity contribution is 6.42. The van der Waals surface area contributed by atoms with Crippen LogP contribution in [0.15, 0.2) is 24.4 Å². The van der Waals surface area contributed by atoms with Crippen LogP contribution in [0.25, 0.3) is 0 Å². The zero-order chi connectivity index (χ0) is 12.4. The van der Waals surface area contributed by atoms with Crippen LogP contribution in [0.5, 0.6) is 0 Å². The van der Waals surface area contributed by atoms with Crippen molar-refractivity contribution in [3.05, 3.63) is 45.7 Å². The second-order valence-corrected chi connectivity index (χ2v) is 4.43. The van der Waals surface area contributed by atoms with Crippen LogP contribution >= 0.6 is 23.2 Å². The monoisotopic (exact) mass is 270 g/mol. The number of aryl methyl sites for hydroxylation is 1. The topological polar surface area (TPSA) is 42.7 Å². The molecule has 1 aromatic heterocycles. The molecule has 1 N–H and O–H groups in total. The molecule has 0 radical (unpaired) electrons. The molecule has 0 amide bonds. The molecule has 17 heavy (non-hydrogen) atoms. The van der Waals surface area contributed by atoms with Crippen LogP contribution in [0.3, 0.4) is 0 Å². The van der Waals surface area contributed by atoms with Gasteiger partial charge in [-0.2, -0.15) is 0 Å². The van der Waals surface area contributed by atoms with Crippen molar-refractivity contribution >= 4 is 23.2 Å². The van der Waals surface area contributed by atoms with Crippen LogP contribution in [0, 0.1) is 0 Å². The van der Waals surface area contributed by atoms with Gasteiger partial charge in [-0.3, -0.25) is 4.68 Å². The van der Waals surface area contributed by atoms with Gasteiger partial charge in [0.15, 0.2) is 0 Å². The fourth-order valence-corrected chi connectivity index (χ4v) is 2.18. The normalized spacial score (nSPS) is 12.7. The molecular formula is C11H12Cl2N4. The summed E-state index contributed by atoms with van der Waals surface area (Å²) in [4.78, 5) is 0. The van der Waals surface area contributed by atoms with Crippen molar-refractivity contribution in [1.29, 1.82) is 0 Å². The van der Waals surface area contributed by atoms with Crippen molar-refractivity contribution in [2.45, 2.75) is 6.04 Å². The summed E-state index contributed by atoms with van der Waals surface area (Å²) in [6.07, 6.45) is 1.71. The number of hydrogen-bond donors (Lipinski definition) is 1. The summed E-state index contributed by atoms with van der Waals surface area (Å²) in [5.74, 6) is 0. The van der Waals surface area contributed by atoms with Crippen LogP contribution in [0.2, 0.25) is 10.0 Å². The molecule has 0 saturated heterocycles. The Balaban J connectivity index is 2.50. The number of nitrogens with zero attached hydrogens (tertiary/aromatic N) is 3. The Kier molecular flexibility index (Phi) is 3.66. The van der Waals surface area contributed by atoms with Gasteiger partial charge in [-0.05, 0) is 18.7 Å². The summed E-state index contributed by atoms with van der Waals surface area (Å²) in [5.41, 5.74) is 1.84. The fourth-order valence-electron chi connectivity index (χ4n) is 1.77. The Labute approximate surface area is 110 Å². The molecule has 0 aliphatic heterocycles. The molecule has 90 valence electrons. The van der Waals surface area contributed by atoms with E-state index in [1.54, 1.807) is 16.9 Å². The third kappa shape index (κ3) is 2.29. The highest BCUT2D eigenvalue weighted by Gasteiger charge is 2.19. The van der Waals surface area contributed by atoms with E-state index >= 15 is 0 Å². The van der Waals surface area contributed by atoms with Gasteiger partial charge < -0.3 is 5.32 Å². The molecule has 0 saturated carbocycles. The molecule has 0 aliphatic carbocycles. The molecule has 0 aliphatic rings. The Hall–Kier alpha value is -1.10. The van der Waals surface area contributed by atoms with Gasteiger partial charge in [0.25, 0.3) is 0 Å². The van der Waals surface area contributed by atoms with Gasteiger partial charge in [0, 0.05) is 7.05 Å². The third-order valence-corrected chi connectivity index (χ3v) is 3.46. The van der Waals surface area contributed by atoms with E-state index in [0.29, 0.717) is 10.0 Å². The van der Waals surface area contributed by atoms with Crippen molar-refractivity contribution in [3.8, 4) is 0 Å². The predicted octanol–water partition coefficient (Wildman–Crippen LogP) is 2.43. The average Bonchev–Trinajstić information content (AvgIpc) is 2.72. The first kappa shape index (κ1) is 12.4. The van der Waals surface area contributed by atoms with Crippen LogP contribution in [-0.2, 0) is 7.05 Å². The quantitative estimate of drug-likeness (QED) is 0.932. The number of aromatic nitrogens is 3. The largest absolute Gasteiger partial charge is 0.308 e. The first-order chi connectivity index (χ1) is 8.15. The van der Waals surface area contributed by atoms with E-state index in [-0.39, 0.29) is 6.04 Å². The van der Waals surface area contributed by atoms with Gasteiger partial charge >= 0.3 is 0 Å². The van der Waals surface area contributed by atoms with Crippen molar-refractivity contribution in [2.75, 3.05) is 7.05 Å². The van der Waals surface area contributed by atoms with Gasteiger partial charge in [0.1, 0.15) is 0 Å². The van der Waals surface area contributed by atoms with Crippen LogP contribution in [0.1, 0.15) is 17.3 Å². The maximum Gasteiger partial charge on any atom is 0.0799 e. The number of rotatable bonds is 3. The van der Waals surface area contributed by atoms with Gasteiger partial charge in [0.05, 0.1) is 28.0 Å². The Bertz CT molecular complexity index is 524. The maximum absolute atomic E-state index is 6.21. The van der Waals surface area contributed by atoms with Crippen LogP contribution in [0.4, 0.5) is 0 Å². The van der Waals surface area contributed by atoms with Crippen molar-refractivity contribution in [1.82, 2.24) is 20.3 Å². The van der Waals surface area contributed by atoms with Gasteiger partial charge in [-0.1, -0.05) is 40.5 Å². The molecule has 6 heteroatoms. The van der Waals surface area contributed by atoms with Gasteiger partial charge in [0.2, 0.25) is 0 Å². The first-order valence-electron chi connectivity index (χ1n) is 5.11. The molecule has 0 spiro atoms. The third-order valence-electron chi connectivity index (χ3n) is 2.63. The van der Waals surface area contributed by atoms with Crippen molar-refractivity contribution in [2.24, 2.45) is 7.05 Å². The van der Waals surface area contributed by atoms with E-state index in [4.69, 9.17) is 23.2 Å². The summed E-state index contributed by atoms with van der Waals surface area (Å²) < 4.78 is 1.71. The summed E-state index contributed by atoms with van der Waals surface area (Å²) in [6.45, 7) is 0. The number of hydrogen-bond acceptors (Lipinski definition) is 3. The highest BCUT2D eigenvalue weighted by Crippen LogP contribution is 2.32. The predicted molar refractivity (Wildman–Crippen MR) is 68.4 cm³/mol. The van der Waals surface area contributed by atoms with Crippen LogP contribution in [-0.4, -0.2) is 22.0 Å². The second kappa shape index (κ2) is 5.04. The summed E-state index contributed by atoms with van der Waals surface area (Å²) in [5, 5.41) is 12.1. The molecule has 1 unspecified atom stereocenters. The lowest BCUT2D eigenvalue weighted by Crippen LogP contribution is -2.21. The number of nitrogens with one attached hydrogen (secondary N) is 1. The minimum Gasteiger partial charge on any atom is -0.308 e. The van der Waals surface area contributed by atoms with E-state index in [1.165, 1.54) is 0 Å².